The maximum atomic E-state index is 14.0. The molecule has 2 aliphatic rings. The van der Waals surface area contributed by atoms with Crippen LogP contribution >= 0.6 is 0 Å². The zero-order valence-electron chi connectivity index (χ0n) is 24.4. The van der Waals surface area contributed by atoms with Crippen molar-refractivity contribution in [2.24, 2.45) is 0 Å². The number of halogens is 3. The van der Waals surface area contributed by atoms with Gasteiger partial charge in [-0.3, -0.25) is 9.59 Å². The molecule has 0 saturated heterocycles. The molecule has 4 heterocycles. The molecule has 0 bridgehead atoms. The molecule has 6 aromatic rings. The molecule has 226 valence electrons. The summed E-state index contributed by atoms with van der Waals surface area (Å²) in [6.07, 6.45) is 0.869. The Hall–Kier alpha value is -5.31. The molecular weight excluding hydrogens is 577 g/mol. The molecule has 9 heteroatoms. The van der Waals surface area contributed by atoms with Gasteiger partial charge in [-0.2, -0.15) is 0 Å². The number of nitrogens with one attached hydrogen (secondary N) is 2. The number of fused-ring (bicyclic) bond motifs is 6. The maximum absolute atomic E-state index is 14.0. The van der Waals surface area contributed by atoms with Crippen molar-refractivity contribution in [3.05, 3.63) is 120 Å². The smallest absolute Gasteiger partial charge is 0.268 e. The van der Waals surface area contributed by atoms with Crippen LogP contribution in [0.2, 0.25) is 0 Å². The van der Waals surface area contributed by atoms with E-state index in [2.05, 4.69) is 10.6 Å². The Bertz CT molecular complexity index is 2120. The van der Waals surface area contributed by atoms with E-state index in [0.717, 1.165) is 40.5 Å². The molecule has 0 saturated carbocycles. The van der Waals surface area contributed by atoms with Gasteiger partial charge in [-0.05, 0) is 73.0 Å². The SMILES string of the molecule is C[C@@H]1CNC(=O)c2cc3cc(F)cc(-c4cccc(F)c4)c3n21.O=C1NCCCn2c1cc1cc(F)cc(-c3ccccc3)c12. The molecule has 2 amide bonds. The summed E-state index contributed by atoms with van der Waals surface area (Å²) in [5, 5.41) is 7.11. The first-order chi connectivity index (χ1) is 21.8. The van der Waals surface area contributed by atoms with E-state index in [0.29, 0.717) is 41.0 Å². The van der Waals surface area contributed by atoms with Crippen molar-refractivity contribution >= 4 is 33.6 Å². The van der Waals surface area contributed by atoms with Crippen LogP contribution in [0.4, 0.5) is 13.2 Å². The van der Waals surface area contributed by atoms with Crippen LogP contribution in [0.1, 0.15) is 40.4 Å². The van der Waals surface area contributed by atoms with Crippen molar-refractivity contribution in [1.29, 1.82) is 0 Å². The number of hydrogen-bond acceptors (Lipinski definition) is 2. The standard InChI is InChI=1S/C18H14F2N2O.C18H15FN2O/c1-10-9-21-18(23)16-7-12-6-14(20)8-15(17(12)22(10)16)11-3-2-4-13(19)5-11;19-14-9-13-10-16-18(22)20-7-4-8-21(16)17(13)15(11-14)12-5-2-1-3-6-12/h2-8,10H,9H2,1H3,(H,21,23);1-3,5-6,9-11H,4,7-8H2,(H,20,22)/t10-;/m1./s1. The molecule has 1 atom stereocenters. The van der Waals surface area contributed by atoms with Gasteiger partial charge in [0.1, 0.15) is 28.8 Å². The summed E-state index contributed by atoms with van der Waals surface area (Å²) in [6.45, 7) is 3.92. The monoisotopic (exact) mass is 606 g/mol. The van der Waals surface area contributed by atoms with Crippen LogP contribution in [-0.2, 0) is 6.54 Å². The fourth-order valence-electron chi connectivity index (χ4n) is 6.43. The molecule has 0 spiro atoms. The molecular formula is C36H29F3N4O2. The zero-order valence-corrected chi connectivity index (χ0v) is 24.4. The summed E-state index contributed by atoms with van der Waals surface area (Å²) >= 11 is 0. The zero-order chi connectivity index (χ0) is 31.2. The lowest BCUT2D eigenvalue weighted by molar-refractivity contribution is 0.0917. The van der Waals surface area contributed by atoms with Gasteiger partial charge in [-0.15, -0.1) is 0 Å². The van der Waals surface area contributed by atoms with E-state index >= 15 is 0 Å². The first-order valence-electron chi connectivity index (χ1n) is 14.8. The lowest BCUT2D eigenvalue weighted by Gasteiger charge is -2.25. The lowest BCUT2D eigenvalue weighted by Crippen LogP contribution is -2.37. The highest BCUT2D eigenvalue weighted by Gasteiger charge is 2.26. The summed E-state index contributed by atoms with van der Waals surface area (Å²) in [4.78, 5) is 24.3. The van der Waals surface area contributed by atoms with Crippen LogP contribution in [0.25, 0.3) is 44.1 Å². The Morgan fingerprint density at radius 2 is 1.31 bits per heavy atom. The minimum atomic E-state index is -0.409. The van der Waals surface area contributed by atoms with E-state index in [-0.39, 0.29) is 29.5 Å². The van der Waals surface area contributed by atoms with Crippen molar-refractivity contribution in [1.82, 2.24) is 19.8 Å². The van der Waals surface area contributed by atoms with Crippen LogP contribution in [0, 0.1) is 17.5 Å². The van der Waals surface area contributed by atoms with Crippen molar-refractivity contribution in [2.75, 3.05) is 13.1 Å². The number of aromatic nitrogens is 2. The highest BCUT2D eigenvalue weighted by molar-refractivity contribution is 6.04. The molecule has 2 aliphatic heterocycles. The molecule has 0 fully saturated rings. The van der Waals surface area contributed by atoms with E-state index < -0.39 is 5.82 Å². The van der Waals surface area contributed by atoms with Gasteiger partial charge in [0.25, 0.3) is 11.8 Å². The molecule has 0 aliphatic carbocycles. The molecule has 2 N–H and O–H groups in total. The first kappa shape index (κ1) is 28.5. The third-order valence-corrected chi connectivity index (χ3v) is 8.38. The van der Waals surface area contributed by atoms with Crippen molar-refractivity contribution in [3.63, 3.8) is 0 Å². The van der Waals surface area contributed by atoms with Crippen molar-refractivity contribution in [2.45, 2.75) is 25.9 Å². The largest absolute Gasteiger partial charge is 0.351 e. The minimum absolute atomic E-state index is 0.0398. The van der Waals surface area contributed by atoms with Crippen LogP contribution in [0.3, 0.4) is 0 Å². The summed E-state index contributed by atoms with van der Waals surface area (Å²) in [5.74, 6) is -1.34. The second kappa shape index (κ2) is 11.3. The van der Waals surface area contributed by atoms with E-state index in [1.165, 1.54) is 30.3 Å². The Morgan fingerprint density at radius 1 is 0.667 bits per heavy atom. The fourth-order valence-corrected chi connectivity index (χ4v) is 6.43. The molecule has 8 rings (SSSR count). The third-order valence-electron chi connectivity index (χ3n) is 8.38. The average molecular weight is 607 g/mol. The minimum Gasteiger partial charge on any atom is -0.351 e. The van der Waals surface area contributed by atoms with E-state index in [4.69, 9.17) is 0 Å². The van der Waals surface area contributed by atoms with E-state index in [9.17, 15) is 22.8 Å². The van der Waals surface area contributed by atoms with Gasteiger partial charge in [0.05, 0.1) is 11.0 Å². The van der Waals surface area contributed by atoms with Gasteiger partial charge in [0.15, 0.2) is 0 Å². The first-order valence-corrected chi connectivity index (χ1v) is 14.8. The topological polar surface area (TPSA) is 68.1 Å². The molecule has 0 radical (unpaired) electrons. The van der Waals surface area contributed by atoms with E-state index in [1.54, 1.807) is 30.3 Å². The van der Waals surface area contributed by atoms with Crippen molar-refractivity contribution < 1.29 is 22.8 Å². The number of carbonyl (C=O) groups excluding carboxylic acids is 2. The van der Waals surface area contributed by atoms with Gasteiger partial charge in [-0.25, -0.2) is 13.2 Å². The molecule has 6 nitrogen and oxygen atoms in total. The van der Waals surface area contributed by atoms with Gasteiger partial charge in [0.2, 0.25) is 0 Å². The highest BCUT2D eigenvalue weighted by Crippen LogP contribution is 2.36. The summed E-state index contributed by atoms with van der Waals surface area (Å²) in [7, 11) is 0. The van der Waals surface area contributed by atoms with Crippen LogP contribution in [0.15, 0.2) is 91.0 Å². The normalized spacial score (nSPS) is 15.9. The predicted molar refractivity (Wildman–Crippen MR) is 169 cm³/mol. The fraction of sp³-hybridized carbons (Fsp3) is 0.167. The summed E-state index contributed by atoms with van der Waals surface area (Å²) < 4.78 is 45.6. The number of amides is 2. The number of rotatable bonds is 2. The maximum Gasteiger partial charge on any atom is 0.268 e. The Labute approximate surface area is 257 Å². The second-order valence-electron chi connectivity index (χ2n) is 11.4. The molecule has 2 aromatic heterocycles. The highest BCUT2D eigenvalue weighted by atomic mass is 19.1. The molecule has 4 aromatic carbocycles. The number of aryl methyl sites for hydroxylation is 1. The third kappa shape index (κ3) is 5.14. The number of nitrogens with zero attached hydrogens (tertiary/aromatic N) is 2. The van der Waals surface area contributed by atoms with Gasteiger partial charge >= 0.3 is 0 Å². The van der Waals surface area contributed by atoms with E-state index in [1.807, 2.05) is 46.4 Å². The Balaban J connectivity index is 0.000000145. The number of carbonyl (C=O) groups is 2. The number of benzene rings is 4. The average Bonchev–Trinajstić information content (AvgIpc) is 3.55. The number of hydrogen-bond donors (Lipinski definition) is 2. The summed E-state index contributed by atoms with van der Waals surface area (Å²) in [6, 6.07) is 25.2. The van der Waals surface area contributed by atoms with Crippen molar-refractivity contribution in [3.8, 4) is 22.3 Å². The second-order valence-corrected chi connectivity index (χ2v) is 11.4. The van der Waals surface area contributed by atoms with Crippen LogP contribution in [-0.4, -0.2) is 34.0 Å². The molecule has 45 heavy (non-hydrogen) atoms. The van der Waals surface area contributed by atoms with Crippen LogP contribution < -0.4 is 10.6 Å². The summed E-state index contributed by atoms with van der Waals surface area (Å²) in [5.41, 5.74) is 5.77. The van der Waals surface area contributed by atoms with Gasteiger partial charge < -0.3 is 19.8 Å². The molecule has 0 unspecified atom stereocenters. The quantitative estimate of drug-likeness (QED) is 0.215. The van der Waals surface area contributed by atoms with Crippen LogP contribution in [0.5, 0.6) is 0 Å². The predicted octanol–water partition coefficient (Wildman–Crippen LogP) is 7.47. The van der Waals surface area contributed by atoms with Gasteiger partial charge in [0, 0.05) is 47.6 Å². The Morgan fingerprint density at radius 3 is 2.04 bits per heavy atom. The lowest BCUT2D eigenvalue weighted by atomic mass is 10.0. The van der Waals surface area contributed by atoms with Gasteiger partial charge in [-0.1, -0.05) is 42.5 Å². The Kier molecular flexibility index (Phi) is 7.16.